The maximum absolute atomic E-state index is 9.18. The van der Waals surface area contributed by atoms with Gasteiger partial charge in [-0.3, -0.25) is 0 Å². The molecule has 2 aliphatic rings. The average Bonchev–Trinajstić information content (AvgIpc) is 2.71. The molecule has 1 aliphatic carbocycles. The van der Waals surface area contributed by atoms with Crippen LogP contribution in [0.3, 0.4) is 0 Å². The predicted octanol–water partition coefficient (Wildman–Crippen LogP) is 2.94. The molecule has 1 aliphatic heterocycles. The summed E-state index contributed by atoms with van der Waals surface area (Å²) in [5.41, 5.74) is 0. The predicted molar refractivity (Wildman–Crippen MR) is 69.5 cm³/mol. The Labute approximate surface area is 103 Å². The van der Waals surface area contributed by atoms with E-state index in [2.05, 4.69) is 23.1 Å². The van der Waals surface area contributed by atoms with Gasteiger partial charge >= 0.3 is 0 Å². The highest BCUT2D eigenvalue weighted by Gasteiger charge is 2.24. The van der Waals surface area contributed by atoms with Gasteiger partial charge in [0, 0.05) is 17.8 Å². The van der Waals surface area contributed by atoms with Crippen molar-refractivity contribution in [3.05, 3.63) is 0 Å². The maximum Gasteiger partial charge on any atom is 0.0672 e. The molecular formula is C13H22N2S. The standard InChI is InChI=1S/C13H22N2S/c14-9-11-5-2-1-3-7-13(11)15-10-12-6-4-8-16-12/h11-13,15H,1-8,10H2. The quantitative estimate of drug-likeness (QED) is 0.768. The van der Waals surface area contributed by atoms with E-state index in [4.69, 9.17) is 0 Å². The summed E-state index contributed by atoms with van der Waals surface area (Å²) in [7, 11) is 0. The van der Waals surface area contributed by atoms with Crippen LogP contribution in [-0.4, -0.2) is 23.6 Å². The molecule has 0 amide bonds. The van der Waals surface area contributed by atoms with Gasteiger partial charge in [0.25, 0.3) is 0 Å². The minimum absolute atomic E-state index is 0.258. The Kier molecular flexibility index (Phi) is 4.99. The second kappa shape index (κ2) is 6.51. The van der Waals surface area contributed by atoms with Gasteiger partial charge < -0.3 is 5.32 Å². The highest BCUT2D eigenvalue weighted by molar-refractivity contribution is 8.00. The first-order valence-corrected chi connectivity index (χ1v) is 7.69. The molecule has 1 heterocycles. The summed E-state index contributed by atoms with van der Waals surface area (Å²) in [6.45, 7) is 1.12. The summed E-state index contributed by atoms with van der Waals surface area (Å²) in [5.74, 6) is 1.59. The minimum Gasteiger partial charge on any atom is -0.312 e. The summed E-state index contributed by atoms with van der Waals surface area (Å²) in [6, 6.07) is 2.97. The molecule has 0 bridgehead atoms. The molecule has 16 heavy (non-hydrogen) atoms. The number of hydrogen-bond acceptors (Lipinski definition) is 3. The van der Waals surface area contributed by atoms with E-state index in [9.17, 15) is 5.26 Å². The van der Waals surface area contributed by atoms with Crippen molar-refractivity contribution in [2.45, 2.75) is 56.2 Å². The van der Waals surface area contributed by atoms with Crippen LogP contribution in [0.4, 0.5) is 0 Å². The van der Waals surface area contributed by atoms with Gasteiger partial charge in [-0.05, 0) is 31.4 Å². The zero-order valence-corrected chi connectivity index (χ0v) is 10.8. The molecular weight excluding hydrogens is 216 g/mol. The molecule has 0 aromatic rings. The zero-order chi connectivity index (χ0) is 11.2. The van der Waals surface area contributed by atoms with Crippen LogP contribution >= 0.6 is 11.8 Å². The van der Waals surface area contributed by atoms with E-state index in [-0.39, 0.29) is 5.92 Å². The topological polar surface area (TPSA) is 35.8 Å². The second-order valence-electron chi connectivity index (χ2n) is 5.02. The molecule has 3 atom stereocenters. The van der Waals surface area contributed by atoms with Crippen LogP contribution in [0.2, 0.25) is 0 Å². The van der Waals surface area contributed by atoms with Crippen LogP contribution in [0.5, 0.6) is 0 Å². The fourth-order valence-electron chi connectivity index (χ4n) is 2.79. The van der Waals surface area contributed by atoms with E-state index < -0.39 is 0 Å². The van der Waals surface area contributed by atoms with E-state index in [0.29, 0.717) is 6.04 Å². The third kappa shape index (κ3) is 3.40. The first-order chi connectivity index (χ1) is 7.90. The molecule has 3 heteroatoms. The number of nitrogens with one attached hydrogen (secondary N) is 1. The molecule has 0 aromatic carbocycles. The van der Waals surface area contributed by atoms with Gasteiger partial charge in [-0.1, -0.05) is 19.3 Å². The van der Waals surface area contributed by atoms with E-state index in [0.717, 1.165) is 18.2 Å². The second-order valence-corrected chi connectivity index (χ2v) is 6.43. The SMILES string of the molecule is N#CC1CCCCCC1NCC1CCCS1. The van der Waals surface area contributed by atoms with Crippen molar-refractivity contribution in [3.8, 4) is 6.07 Å². The zero-order valence-electron chi connectivity index (χ0n) is 9.95. The lowest BCUT2D eigenvalue weighted by Crippen LogP contribution is -2.38. The van der Waals surface area contributed by atoms with Gasteiger partial charge in [0.2, 0.25) is 0 Å². The fourth-order valence-corrected chi connectivity index (χ4v) is 4.01. The van der Waals surface area contributed by atoms with Crippen LogP contribution < -0.4 is 5.32 Å². The minimum atomic E-state index is 0.258. The Hall–Kier alpha value is -0.200. The Morgan fingerprint density at radius 3 is 2.75 bits per heavy atom. The first kappa shape index (κ1) is 12.3. The van der Waals surface area contributed by atoms with Gasteiger partial charge in [0.15, 0.2) is 0 Å². The van der Waals surface area contributed by atoms with Crippen LogP contribution in [0, 0.1) is 17.2 Å². The van der Waals surface area contributed by atoms with Crippen molar-refractivity contribution < 1.29 is 0 Å². The number of rotatable bonds is 3. The van der Waals surface area contributed by atoms with Crippen molar-refractivity contribution >= 4 is 11.8 Å². The lowest BCUT2D eigenvalue weighted by atomic mass is 9.96. The smallest absolute Gasteiger partial charge is 0.0672 e. The molecule has 0 spiro atoms. The van der Waals surface area contributed by atoms with Crippen LogP contribution in [0.15, 0.2) is 0 Å². The third-order valence-corrected chi connectivity index (χ3v) is 5.21. The van der Waals surface area contributed by atoms with E-state index in [1.807, 2.05) is 0 Å². The summed E-state index contributed by atoms with van der Waals surface area (Å²) in [5, 5.41) is 13.7. The maximum atomic E-state index is 9.18. The summed E-state index contributed by atoms with van der Waals surface area (Å²) in [6.07, 6.45) is 8.91. The summed E-state index contributed by atoms with van der Waals surface area (Å²) in [4.78, 5) is 0. The van der Waals surface area contributed by atoms with Crippen LogP contribution in [0.25, 0.3) is 0 Å². The van der Waals surface area contributed by atoms with Gasteiger partial charge in [-0.2, -0.15) is 17.0 Å². The Morgan fingerprint density at radius 1 is 1.12 bits per heavy atom. The molecule has 90 valence electrons. The number of nitrogens with zero attached hydrogens (tertiary/aromatic N) is 1. The number of nitriles is 1. The molecule has 0 radical (unpaired) electrons. The van der Waals surface area contributed by atoms with Crippen molar-refractivity contribution in [2.75, 3.05) is 12.3 Å². The molecule has 2 fully saturated rings. The molecule has 2 nitrogen and oxygen atoms in total. The molecule has 0 aromatic heterocycles. The molecule has 1 saturated heterocycles. The highest BCUT2D eigenvalue weighted by atomic mass is 32.2. The lowest BCUT2D eigenvalue weighted by Gasteiger charge is -2.22. The van der Waals surface area contributed by atoms with Crippen molar-refractivity contribution in [1.82, 2.24) is 5.32 Å². The van der Waals surface area contributed by atoms with E-state index in [1.54, 1.807) is 0 Å². The Bertz CT molecular complexity index is 243. The van der Waals surface area contributed by atoms with Crippen molar-refractivity contribution in [2.24, 2.45) is 5.92 Å². The number of hydrogen-bond donors (Lipinski definition) is 1. The van der Waals surface area contributed by atoms with E-state index in [1.165, 1.54) is 44.3 Å². The van der Waals surface area contributed by atoms with Gasteiger partial charge in [0.1, 0.15) is 0 Å². The van der Waals surface area contributed by atoms with Crippen LogP contribution in [-0.2, 0) is 0 Å². The lowest BCUT2D eigenvalue weighted by molar-refractivity contribution is 0.394. The summed E-state index contributed by atoms with van der Waals surface area (Å²) >= 11 is 2.10. The van der Waals surface area contributed by atoms with Crippen molar-refractivity contribution in [3.63, 3.8) is 0 Å². The van der Waals surface area contributed by atoms with Crippen LogP contribution in [0.1, 0.15) is 44.9 Å². The molecule has 2 rings (SSSR count). The van der Waals surface area contributed by atoms with Gasteiger partial charge in [-0.15, -0.1) is 0 Å². The Morgan fingerprint density at radius 2 is 2.00 bits per heavy atom. The molecule has 1 N–H and O–H groups in total. The summed E-state index contributed by atoms with van der Waals surface area (Å²) < 4.78 is 0. The third-order valence-electron chi connectivity index (χ3n) is 3.81. The molecule has 1 saturated carbocycles. The monoisotopic (exact) mass is 238 g/mol. The van der Waals surface area contributed by atoms with Gasteiger partial charge in [0.05, 0.1) is 12.0 Å². The largest absolute Gasteiger partial charge is 0.312 e. The van der Waals surface area contributed by atoms with Crippen molar-refractivity contribution in [1.29, 1.82) is 5.26 Å². The normalized spacial score (nSPS) is 35.6. The number of thioether (sulfide) groups is 1. The average molecular weight is 238 g/mol. The van der Waals surface area contributed by atoms with E-state index >= 15 is 0 Å². The Balaban J connectivity index is 1.78. The van der Waals surface area contributed by atoms with Gasteiger partial charge in [-0.25, -0.2) is 0 Å². The fraction of sp³-hybridized carbons (Fsp3) is 0.923. The molecule has 3 unspecified atom stereocenters. The first-order valence-electron chi connectivity index (χ1n) is 6.65. The highest BCUT2D eigenvalue weighted by Crippen LogP contribution is 2.27.